The summed E-state index contributed by atoms with van der Waals surface area (Å²) in [5.41, 5.74) is 1.15. The standard InChI is InChI=1S/C17H23N5OS/c1-3-7-15(13-8-5-4-6-9-13)18-16(23)12(2)24-17-19-20-21-22(17)14-10-11-14/h4-6,8-9,12,14-15H,3,7,10-11H2,1-2H3,(H,18,23)/t12-,15-/m1/s1. The van der Waals surface area contributed by atoms with Crippen LogP contribution in [0.2, 0.25) is 0 Å². The third-order valence-electron chi connectivity index (χ3n) is 4.10. The monoisotopic (exact) mass is 345 g/mol. The Morgan fingerprint density at radius 1 is 1.38 bits per heavy atom. The average Bonchev–Trinajstić information content (AvgIpc) is 3.34. The second kappa shape index (κ2) is 7.79. The first-order chi connectivity index (χ1) is 11.7. The lowest BCUT2D eigenvalue weighted by atomic mass is 10.0. The second-order valence-corrected chi connectivity index (χ2v) is 7.47. The summed E-state index contributed by atoms with van der Waals surface area (Å²) in [5, 5.41) is 15.5. The van der Waals surface area contributed by atoms with E-state index in [0.717, 1.165) is 36.4 Å². The van der Waals surface area contributed by atoms with E-state index in [4.69, 9.17) is 0 Å². The Morgan fingerprint density at radius 3 is 2.79 bits per heavy atom. The molecule has 1 aliphatic rings. The minimum atomic E-state index is -0.239. The van der Waals surface area contributed by atoms with Gasteiger partial charge in [0.1, 0.15) is 0 Å². The summed E-state index contributed by atoms with van der Waals surface area (Å²) in [6, 6.07) is 10.6. The van der Waals surface area contributed by atoms with Crippen molar-refractivity contribution >= 4 is 17.7 Å². The number of amides is 1. The van der Waals surface area contributed by atoms with Gasteiger partial charge in [-0.05, 0) is 42.2 Å². The molecule has 1 aromatic carbocycles. The number of hydrogen-bond acceptors (Lipinski definition) is 5. The van der Waals surface area contributed by atoms with Crippen molar-refractivity contribution in [3.8, 4) is 0 Å². The zero-order valence-corrected chi connectivity index (χ0v) is 14.9. The van der Waals surface area contributed by atoms with Gasteiger partial charge in [-0.1, -0.05) is 55.4 Å². The lowest BCUT2D eigenvalue weighted by Crippen LogP contribution is -2.34. The molecule has 0 bridgehead atoms. The molecule has 2 atom stereocenters. The van der Waals surface area contributed by atoms with Crippen LogP contribution in [0.5, 0.6) is 0 Å². The van der Waals surface area contributed by atoms with Gasteiger partial charge in [-0.15, -0.1) is 5.10 Å². The summed E-state index contributed by atoms with van der Waals surface area (Å²) in [6.45, 7) is 4.03. The van der Waals surface area contributed by atoms with Gasteiger partial charge in [0.05, 0.1) is 17.3 Å². The van der Waals surface area contributed by atoms with Crippen molar-refractivity contribution in [2.45, 2.75) is 62.0 Å². The zero-order chi connectivity index (χ0) is 16.9. The van der Waals surface area contributed by atoms with Gasteiger partial charge >= 0.3 is 0 Å². The van der Waals surface area contributed by atoms with E-state index < -0.39 is 0 Å². The Balaban J connectivity index is 1.62. The number of carbonyl (C=O) groups is 1. The highest BCUT2D eigenvalue weighted by atomic mass is 32.2. The fourth-order valence-electron chi connectivity index (χ4n) is 2.61. The molecule has 1 heterocycles. The molecular formula is C17H23N5OS. The maximum Gasteiger partial charge on any atom is 0.233 e. The highest BCUT2D eigenvalue weighted by Crippen LogP contribution is 2.37. The third kappa shape index (κ3) is 4.14. The Hall–Kier alpha value is -1.89. The van der Waals surface area contributed by atoms with Crippen LogP contribution in [0.1, 0.15) is 57.2 Å². The summed E-state index contributed by atoms with van der Waals surface area (Å²) < 4.78 is 1.84. The van der Waals surface area contributed by atoms with Gasteiger partial charge in [0.2, 0.25) is 11.1 Å². The molecule has 1 N–H and O–H groups in total. The molecule has 3 rings (SSSR count). The minimum absolute atomic E-state index is 0.0210. The maximum atomic E-state index is 12.6. The van der Waals surface area contributed by atoms with Gasteiger partial charge in [-0.25, -0.2) is 4.68 Å². The SMILES string of the molecule is CCC[C@@H](NC(=O)[C@@H](C)Sc1nnnn1C1CC1)c1ccccc1. The smallest absolute Gasteiger partial charge is 0.233 e. The highest BCUT2D eigenvalue weighted by Gasteiger charge is 2.29. The number of benzene rings is 1. The van der Waals surface area contributed by atoms with E-state index in [1.807, 2.05) is 29.8 Å². The van der Waals surface area contributed by atoms with Crippen LogP contribution in [0.3, 0.4) is 0 Å². The van der Waals surface area contributed by atoms with Gasteiger partial charge in [-0.2, -0.15) is 0 Å². The molecule has 24 heavy (non-hydrogen) atoms. The number of tetrazole rings is 1. The van der Waals surface area contributed by atoms with Gasteiger partial charge in [0.25, 0.3) is 0 Å². The first kappa shape index (κ1) is 17.0. The zero-order valence-electron chi connectivity index (χ0n) is 14.1. The summed E-state index contributed by atoms with van der Waals surface area (Å²) in [4.78, 5) is 12.6. The molecule has 0 unspecified atom stereocenters. The van der Waals surface area contributed by atoms with E-state index in [9.17, 15) is 4.79 Å². The minimum Gasteiger partial charge on any atom is -0.348 e. The molecule has 1 fully saturated rings. The Labute approximate surface area is 146 Å². The predicted octanol–water partition coefficient (Wildman–Crippen LogP) is 3.15. The van der Waals surface area contributed by atoms with Crippen LogP contribution in [-0.4, -0.2) is 31.4 Å². The van der Waals surface area contributed by atoms with E-state index >= 15 is 0 Å². The van der Waals surface area contributed by atoms with E-state index in [1.165, 1.54) is 11.8 Å². The number of carbonyl (C=O) groups excluding carboxylic acids is 1. The Morgan fingerprint density at radius 2 is 2.12 bits per heavy atom. The van der Waals surface area contributed by atoms with Crippen LogP contribution in [0.4, 0.5) is 0 Å². The lowest BCUT2D eigenvalue weighted by molar-refractivity contribution is -0.121. The van der Waals surface area contributed by atoms with Crippen molar-refractivity contribution in [2.75, 3.05) is 0 Å². The number of nitrogens with one attached hydrogen (secondary N) is 1. The summed E-state index contributed by atoms with van der Waals surface area (Å²) in [6.07, 6.45) is 4.17. The van der Waals surface area contributed by atoms with Crippen molar-refractivity contribution in [3.05, 3.63) is 35.9 Å². The number of rotatable bonds is 8. The van der Waals surface area contributed by atoms with Crippen LogP contribution in [0.25, 0.3) is 0 Å². The van der Waals surface area contributed by atoms with Gasteiger partial charge in [0, 0.05) is 0 Å². The molecule has 1 aromatic heterocycles. The largest absolute Gasteiger partial charge is 0.348 e. The third-order valence-corrected chi connectivity index (χ3v) is 5.15. The number of aromatic nitrogens is 4. The van der Waals surface area contributed by atoms with E-state index in [0.29, 0.717) is 6.04 Å². The molecule has 0 saturated heterocycles. The topological polar surface area (TPSA) is 72.7 Å². The molecule has 7 heteroatoms. The van der Waals surface area contributed by atoms with Crippen LogP contribution in [0, 0.1) is 0 Å². The summed E-state index contributed by atoms with van der Waals surface area (Å²) in [7, 11) is 0. The van der Waals surface area contributed by atoms with Crippen LogP contribution >= 0.6 is 11.8 Å². The molecule has 6 nitrogen and oxygen atoms in total. The van der Waals surface area contributed by atoms with Gasteiger partial charge < -0.3 is 5.32 Å². The molecule has 1 amide bonds. The van der Waals surface area contributed by atoms with Crippen molar-refractivity contribution in [1.82, 2.24) is 25.5 Å². The fraction of sp³-hybridized carbons (Fsp3) is 0.529. The number of nitrogens with zero attached hydrogens (tertiary/aromatic N) is 4. The second-order valence-electron chi connectivity index (χ2n) is 6.16. The van der Waals surface area contributed by atoms with Crippen LogP contribution < -0.4 is 5.32 Å². The molecule has 1 saturated carbocycles. The summed E-state index contributed by atoms with van der Waals surface area (Å²) >= 11 is 1.42. The maximum absolute atomic E-state index is 12.6. The average molecular weight is 345 g/mol. The normalized spacial score (nSPS) is 16.6. The van der Waals surface area contributed by atoms with Crippen LogP contribution in [-0.2, 0) is 4.79 Å². The lowest BCUT2D eigenvalue weighted by Gasteiger charge is -2.20. The van der Waals surface area contributed by atoms with Crippen molar-refractivity contribution < 1.29 is 4.79 Å². The van der Waals surface area contributed by atoms with Crippen LogP contribution in [0.15, 0.2) is 35.5 Å². The fourth-order valence-corrected chi connectivity index (χ4v) is 3.48. The molecule has 1 aliphatic carbocycles. The molecule has 2 aromatic rings. The highest BCUT2D eigenvalue weighted by molar-refractivity contribution is 8.00. The Kier molecular flexibility index (Phi) is 5.50. The van der Waals surface area contributed by atoms with E-state index in [1.54, 1.807) is 0 Å². The van der Waals surface area contributed by atoms with Crippen molar-refractivity contribution in [1.29, 1.82) is 0 Å². The number of thioether (sulfide) groups is 1. The number of hydrogen-bond donors (Lipinski definition) is 1. The van der Waals surface area contributed by atoms with Gasteiger partial charge in [0.15, 0.2) is 0 Å². The molecule has 128 valence electrons. The molecule has 0 aliphatic heterocycles. The predicted molar refractivity (Wildman–Crippen MR) is 93.6 cm³/mol. The molecule has 0 radical (unpaired) electrons. The first-order valence-electron chi connectivity index (χ1n) is 8.49. The van der Waals surface area contributed by atoms with Gasteiger partial charge in [-0.3, -0.25) is 4.79 Å². The van der Waals surface area contributed by atoms with Crippen molar-refractivity contribution in [3.63, 3.8) is 0 Å². The van der Waals surface area contributed by atoms with E-state index in [2.05, 4.69) is 39.9 Å². The van der Waals surface area contributed by atoms with Crippen molar-refractivity contribution in [2.24, 2.45) is 0 Å². The Bertz CT molecular complexity index is 671. The summed E-state index contributed by atoms with van der Waals surface area (Å²) in [5.74, 6) is 0.0210. The molecule has 0 spiro atoms. The molecular weight excluding hydrogens is 322 g/mol. The van der Waals surface area contributed by atoms with E-state index in [-0.39, 0.29) is 17.2 Å². The first-order valence-corrected chi connectivity index (χ1v) is 9.36. The quantitative estimate of drug-likeness (QED) is 0.744.